The Bertz CT molecular complexity index is 754. The van der Waals surface area contributed by atoms with Crippen LogP contribution in [0.2, 0.25) is 0 Å². The van der Waals surface area contributed by atoms with Crippen LogP contribution in [-0.2, 0) is 11.3 Å². The maximum atomic E-state index is 5.76. The van der Waals surface area contributed by atoms with E-state index in [1.54, 1.807) is 13.3 Å². The summed E-state index contributed by atoms with van der Waals surface area (Å²) in [5, 5.41) is 6.57. The second-order valence-electron chi connectivity index (χ2n) is 6.71. The highest BCUT2D eigenvalue weighted by atomic mass is 127. The first-order valence-electron chi connectivity index (χ1n) is 9.99. The summed E-state index contributed by atoms with van der Waals surface area (Å²) >= 11 is 0. The number of aliphatic imine (C=N–C) groups is 1. The van der Waals surface area contributed by atoms with E-state index < -0.39 is 0 Å². The van der Waals surface area contributed by atoms with Crippen molar-refractivity contribution in [2.24, 2.45) is 4.99 Å². The number of guanidine groups is 1. The molecule has 1 aromatic heterocycles. The van der Waals surface area contributed by atoms with Crippen molar-refractivity contribution in [3.05, 3.63) is 48.2 Å². The van der Waals surface area contributed by atoms with Crippen LogP contribution >= 0.6 is 24.0 Å². The van der Waals surface area contributed by atoms with Gasteiger partial charge in [-0.25, -0.2) is 9.98 Å². The van der Waals surface area contributed by atoms with E-state index >= 15 is 0 Å². The van der Waals surface area contributed by atoms with Crippen molar-refractivity contribution in [3.63, 3.8) is 0 Å². The fourth-order valence-electron chi connectivity index (χ4n) is 2.49. The van der Waals surface area contributed by atoms with Gasteiger partial charge in [-0.05, 0) is 38.5 Å². The summed E-state index contributed by atoms with van der Waals surface area (Å²) in [5.41, 5.74) is 1.92. The van der Waals surface area contributed by atoms with Gasteiger partial charge in [-0.2, -0.15) is 0 Å². The summed E-state index contributed by atoms with van der Waals surface area (Å²) in [5.74, 6) is 2.14. The average Bonchev–Trinajstić information content (AvgIpc) is 2.71. The maximum Gasteiger partial charge on any atom is 0.213 e. The van der Waals surface area contributed by atoms with Crippen molar-refractivity contribution in [2.45, 2.75) is 39.8 Å². The molecule has 0 bridgehead atoms. The monoisotopic (exact) mass is 528 g/mol. The minimum Gasteiger partial charge on any atom is -0.493 e. The smallest absolute Gasteiger partial charge is 0.213 e. The van der Waals surface area contributed by atoms with Gasteiger partial charge in [0, 0.05) is 50.7 Å². The van der Waals surface area contributed by atoms with E-state index in [1.807, 2.05) is 57.2 Å². The molecule has 0 aliphatic carbocycles. The van der Waals surface area contributed by atoms with Crippen LogP contribution in [0.3, 0.4) is 0 Å². The van der Waals surface area contributed by atoms with E-state index in [0.29, 0.717) is 31.6 Å². The molecule has 0 aliphatic rings. The molecular formula is C22H33IN4O3. The first kappa shape index (κ1) is 26.0. The van der Waals surface area contributed by atoms with Gasteiger partial charge in [0.05, 0.1) is 19.3 Å². The molecule has 0 aliphatic heterocycles. The molecule has 0 amide bonds. The number of pyridine rings is 1. The van der Waals surface area contributed by atoms with Crippen molar-refractivity contribution < 1.29 is 14.2 Å². The fraction of sp³-hybridized carbons (Fsp3) is 0.455. The molecule has 166 valence electrons. The number of aromatic nitrogens is 1. The minimum absolute atomic E-state index is 0. The zero-order valence-corrected chi connectivity index (χ0v) is 20.5. The Balaban J connectivity index is 0.00000450. The Labute approximate surface area is 196 Å². The summed E-state index contributed by atoms with van der Waals surface area (Å²) < 4.78 is 16.4. The van der Waals surface area contributed by atoms with Gasteiger partial charge in [0.15, 0.2) is 5.96 Å². The Morgan fingerprint density at radius 1 is 1.17 bits per heavy atom. The lowest BCUT2D eigenvalue weighted by Crippen LogP contribution is -2.30. The normalized spacial score (nSPS) is 11.0. The van der Waals surface area contributed by atoms with Crippen molar-refractivity contribution in [1.82, 2.24) is 10.3 Å². The van der Waals surface area contributed by atoms with Crippen molar-refractivity contribution in [2.75, 3.05) is 32.2 Å². The van der Waals surface area contributed by atoms with E-state index in [2.05, 4.69) is 20.6 Å². The van der Waals surface area contributed by atoms with Gasteiger partial charge >= 0.3 is 0 Å². The summed E-state index contributed by atoms with van der Waals surface area (Å²) in [6.07, 6.45) is 2.75. The number of benzene rings is 1. The van der Waals surface area contributed by atoms with Crippen LogP contribution < -0.4 is 20.1 Å². The molecule has 0 saturated heterocycles. The number of halogens is 1. The van der Waals surface area contributed by atoms with Gasteiger partial charge in [-0.1, -0.05) is 12.1 Å². The number of nitrogens with zero attached hydrogens (tertiary/aromatic N) is 2. The Morgan fingerprint density at radius 3 is 2.67 bits per heavy atom. The third kappa shape index (κ3) is 10.1. The molecule has 0 atom stereocenters. The summed E-state index contributed by atoms with van der Waals surface area (Å²) in [6.45, 7) is 8.58. The summed E-state index contributed by atoms with van der Waals surface area (Å²) in [4.78, 5) is 8.96. The molecule has 30 heavy (non-hydrogen) atoms. The van der Waals surface area contributed by atoms with Crippen molar-refractivity contribution >= 4 is 35.6 Å². The van der Waals surface area contributed by atoms with Gasteiger partial charge in [-0.3, -0.25) is 0 Å². The van der Waals surface area contributed by atoms with Gasteiger partial charge in [0.25, 0.3) is 0 Å². The molecule has 2 N–H and O–H groups in total. The number of hydrogen-bond donors (Lipinski definition) is 2. The van der Waals surface area contributed by atoms with Gasteiger partial charge in [0.1, 0.15) is 5.75 Å². The van der Waals surface area contributed by atoms with Crippen LogP contribution in [-0.4, -0.2) is 43.9 Å². The zero-order valence-electron chi connectivity index (χ0n) is 18.2. The molecule has 0 radical (unpaired) electrons. The van der Waals surface area contributed by atoms with Gasteiger partial charge < -0.3 is 24.8 Å². The Morgan fingerprint density at radius 2 is 2.00 bits per heavy atom. The highest BCUT2D eigenvalue weighted by molar-refractivity contribution is 14.0. The van der Waals surface area contributed by atoms with Gasteiger partial charge in [0.2, 0.25) is 5.88 Å². The molecule has 1 heterocycles. The standard InChI is InChI=1S/C22H32N4O3.HI/c1-5-23-22(25-16-18-10-11-21(24-15-18)29-17(2)3)26-19-8-6-9-20(14-19)28-13-7-12-27-4;/h6,8-11,14-15,17H,5,7,12-13,16H2,1-4H3,(H2,23,25,26);1H. The molecule has 2 rings (SSSR count). The second-order valence-corrected chi connectivity index (χ2v) is 6.71. The average molecular weight is 528 g/mol. The third-order valence-corrected chi connectivity index (χ3v) is 3.78. The Hall–Kier alpha value is -2.07. The largest absolute Gasteiger partial charge is 0.493 e. The number of methoxy groups -OCH3 is 1. The number of anilines is 1. The highest BCUT2D eigenvalue weighted by Crippen LogP contribution is 2.17. The molecule has 8 heteroatoms. The molecule has 7 nitrogen and oxygen atoms in total. The van der Waals surface area contributed by atoms with Crippen LogP contribution in [0, 0.1) is 0 Å². The molecule has 0 saturated carbocycles. The summed E-state index contributed by atoms with van der Waals surface area (Å²) in [7, 11) is 1.69. The zero-order chi connectivity index (χ0) is 20.9. The molecule has 0 fully saturated rings. The lowest BCUT2D eigenvalue weighted by molar-refractivity contribution is 0.172. The highest BCUT2D eigenvalue weighted by Gasteiger charge is 2.03. The Kier molecular flexibility index (Phi) is 12.8. The van der Waals surface area contributed by atoms with Crippen LogP contribution in [0.15, 0.2) is 47.6 Å². The van der Waals surface area contributed by atoms with E-state index in [4.69, 9.17) is 14.2 Å². The van der Waals surface area contributed by atoms with Crippen molar-refractivity contribution in [3.8, 4) is 11.6 Å². The fourth-order valence-corrected chi connectivity index (χ4v) is 2.49. The lowest BCUT2D eigenvalue weighted by atomic mass is 10.3. The van der Waals surface area contributed by atoms with Gasteiger partial charge in [-0.15, -0.1) is 24.0 Å². The van der Waals surface area contributed by atoms with E-state index in [1.165, 1.54) is 0 Å². The number of nitrogens with one attached hydrogen (secondary N) is 2. The van der Waals surface area contributed by atoms with Crippen molar-refractivity contribution in [1.29, 1.82) is 0 Å². The van der Waals surface area contributed by atoms with Crippen LogP contribution in [0.25, 0.3) is 0 Å². The molecule has 2 aromatic rings. The second kappa shape index (κ2) is 14.8. The first-order chi connectivity index (χ1) is 14.1. The molecule has 0 spiro atoms. The molecule has 0 unspecified atom stereocenters. The minimum atomic E-state index is 0. The van der Waals surface area contributed by atoms with E-state index in [-0.39, 0.29) is 30.1 Å². The van der Waals surface area contributed by atoms with Crippen LogP contribution in [0.4, 0.5) is 5.69 Å². The maximum absolute atomic E-state index is 5.76. The number of hydrogen-bond acceptors (Lipinski definition) is 5. The predicted octanol–water partition coefficient (Wildman–Crippen LogP) is 4.48. The quantitative estimate of drug-likeness (QED) is 0.194. The molecule has 1 aromatic carbocycles. The van der Waals surface area contributed by atoms with E-state index in [9.17, 15) is 0 Å². The number of rotatable bonds is 11. The third-order valence-electron chi connectivity index (χ3n) is 3.78. The topological polar surface area (TPSA) is 77.0 Å². The SMILES string of the molecule is CCNC(=NCc1ccc(OC(C)C)nc1)Nc1cccc(OCCCOC)c1.I. The summed E-state index contributed by atoms with van der Waals surface area (Å²) in [6, 6.07) is 11.7. The van der Waals surface area contributed by atoms with Crippen LogP contribution in [0.5, 0.6) is 11.6 Å². The number of ether oxygens (including phenoxy) is 3. The first-order valence-corrected chi connectivity index (χ1v) is 9.99. The predicted molar refractivity (Wildman–Crippen MR) is 132 cm³/mol. The van der Waals surface area contributed by atoms with Crippen LogP contribution in [0.1, 0.15) is 32.8 Å². The molecular weight excluding hydrogens is 495 g/mol. The van der Waals surface area contributed by atoms with E-state index in [0.717, 1.165) is 30.0 Å². The lowest BCUT2D eigenvalue weighted by Gasteiger charge is -2.13.